The zero-order valence-electron chi connectivity index (χ0n) is 15.4. The average Bonchev–Trinajstić information content (AvgIpc) is 3.16. The van der Waals surface area contributed by atoms with Gasteiger partial charge in [0.05, 0.1) is 19.4 Å². The Kier molecular flexibility index (Phi) is 6.57. The minimum Gasteiger partial charge on any atom is -0.493 e. The number of hydrogen-bond donors (Lipinski definition) is 6. The highest BCUT2D eigenvalue weighted by atomic mass is 32.1. The van der Waals surface area contributed by atoms with Crippen molar-refractivity contribution in [2.24, 2.45) is 5.73 Å². The summed E-state index contributed by atoms with van der Waals surface area (Å²) in [5.41, 5.74) is 6.46. The Balaban J connectivity index is 1.80. The summed E-state index contributed by atoms with van der Waals surface area (Å²) in [6.45, 7) is -0.555. The van der Waals surface area contributed by atoms with Gasteiger partial charge >= 0.3 is 6.03 Å². The number of benzene rings is 1. The van der Waals surface area contributed by atoms with Crippen molar-refractivity contribution in [1.29, 1.82) is 0 Å². The van der Waals surface area contributed by atoms with Crippen molar-refractivity contribution >= 4 is 23.1 Å². The fourth-order valence-corrected chi connectivity index (χ4v) is 3.74. The van der Waals surface area contributed by atoms with Crippen molar-refractivity contribution in [2.75, 3.05) is 19.0 Å². The first-order valence-electron chi connectivity index (χ1n) is 8.64. The molecule has 0 bridgehead atoms. The van der Waals surface area contributed by atoms with Crippen LogP contribution < -0.4 is 20.5 Å². The Morgan fingerprint density at radius 1 is 1.21 bits per heavy atom. The number of thiophene rings is 1. The van der Waals surface area contributed by atoms with Crippen LogP contribution in [0, 0.1) is 0 Å². The molecule has 1 aromatic heterocycles. The molecular weight excluding hydrogens is 404 g/mol. The molecule has 1 fully saturated rings. The number of methoxy groups -OCH3 is 1. The molecule has 0 spiro atoms. The van der Waals surface area contributed by atoms with Crippen LogP contribution in [0.25, 0.3) is 10.4 Å². The molecule has 10 nitrogen and oxygen atoms in total. The summed E-state index contributed by atoms with van der Waals surface area (Å²) >= 11 is 1.39. The number of nitrogens with one attached hydrogen (secondary N) is 1. The van der Waals surface area contributed by atoms with Gasteiger partial charge in [0.1, 0.15) is 24.4 Å². The van der Waals surface area contributed by atoms with Crippen LogP contribution in [0.3, 0.4) is 0 Å². The molecule has 0 radical (unpaired) electrons. The minimum absolute atomic E-state index is 0.229. The molecule has 5 atom stereocenters. The highest BCUT2D eigenvalue weighted by Crippen LogP contribution is 2.37. The highest BCUT2D eigenvalue weighted by molar-refractivity contribution is 7.14. The Hall–Kier alpha value is -2.41. The lowest BCUT2D eigenvalue weighted by Gasteiger charge is -2.39. The number of rotatable bonds is 6. The number of urea groups is 1. The smallest absolute Gasteiger partial charge is 0.316 e. The molecule has 5 unspecified atom stereocenters. The quantitative estimate of drug-likeness (QED) is 0.378. The lowest BCUT2D eigenvalue weighted by Crippen LogP contribution is -2.60. The Labute approximate surface area is 170 Å². The van der Waals surface area contributed by atoms with Crippen LogP contribution in [0.4, 0.5) is 10.5 Å². The maximum Gasteiger partial charge on any atom is 0.316 e. The van der Waals surface area contributed by atoms with Crippen LogP contribution in [-0.4, -0.2) is 70.9 Å². The van der Waals surface area contributed by atoms with Crippen LogP contribution in [0.2, 0.25) is 0 Å². The second-order valence-corrected chi connectivity index (χ2v) is 7.28. The highest BCUT2D eigenvalue weighted by Gasteiger charge is 2.44. The second-order valence-electron chi connectivity index (χ2n) is 6.37. The van der Waals surface area contributed by atoms with Gasteiger partial charge in [0, 0.05) is 10.3 Å². The van der Waals surface area contributed by atoms with Crippen molar-refractivity contribution in [1.82, 2.24) is 0 Å². The Morgan fingerprint density at radius 3 is 2.62 bits per heavy atom. The molecular formula is C18H22N2O8S. The summed E-state index contributed by atoms with van der Waals surface area (Å²) in [5, 5.41) is 43.4. The van der Waals surface area contributed by atoms with Crippen LogP contribution in [0.1, 0.15) is 0 Å². The fraction of sp³-hybridized carbons (Fsp3) is 0.389. The van der Waals surface area contributed by atoms with E-state index in [1.165, 1.54) is 18.4 Å². The SMILES string of the molecule is COc1cc(-c2cc(NC(N)=O)cs2)ccc1OC1OC(CO)C(O)C(O)C1O. The number of hydrogen-bond acceptors (Lipinski definition) is 9. The number of aliphatic hydroxyl groups is 4. The lowest BCUT2D eigenvalue weighted by molar-refractivity contribution is -0.277. The van der Waals surface area contributed by atoms with Crippen LogP contribution >= 0.6 is 11.3 Å². The number of carbonyl (C=O) groups excluding carboxylic acids is 1. The van der Waals surface area contributed by atoms with E-state index in [1.54, 1.807) is 29.6 Å². The van der Waals surface area contributed by atoms with E-state index in [-0.39, 0.29) is 5.75 Å². The monoisotopic (exact) mass is 426 g/mol. The number of primary amides is 1. The molecule has 1 saturated heterocycles. The zero-order valence-corrected chi connectivity index (χ0v) is 16.2. The molecule has 2 amide bonds. The molecule has 2 aromatic rings. The van der Waals surface area contributed by atoms with Gasteiger partial charge in [0.25, 0.3) is 0 Å². The maximum atomic E-state index is 11.0. The van der Waals surface area contributed by atoms with Gasteiger partial charge in [-0.2, -0.15) is 0 Å². The summed E-state index contributed by atoms with van der Waals surface area (Å²) < 4.78 is 16.3. The van der Waals surface area contributed by atoms with Gasteiger partial charge in [-0.1, -0.05) is 0 Å². The van der Waals surface area contributed by atoms with Gasteiger partial charge in [0.2, 0.25) is 6.29 Å². The third kappa shape index (κ3) is 4.61. The zero-order chi connectivity index (χ0) is 21.1. The second kappa shape index (κ2) is 8.95. The van der Waals surface area contributed by atoms with Crippen molar-refractivity contribution < 1.29 is 39.4 Å². The number of anilines is 1. The third-order valence-corrected chi connectivity index (χ3v) is 5.39. The maximum absolute atomic E-state index is 11.0. The fourth-order valence-electron chi connectivity index (χ4n) is 2.90. The van der Waals surface area contributed by atoms with Crippen molar-refractivity contribution in [3.05, 3.63) is 29.6 Å². The predicted octanol–water partition coefficient (Wildman–Crippen LogP) is 0.0930. The molecule has 1 aliphatic heterocycles. The first kappa shape index (κ1) is 21.3. The van der Waals surface area contributed by atoms with Crippen LogP contribution in [0.5, 0.6) is 11.5 Å². The largest absolute Gasteiger partial charge is 0.493 e. The molecule has 1 aliphatic rings. The van der Waals surface area contributed by atoms with E-state index in [0.717, 1.165) is 10.4 Å². The van der Waals surface area contributed by atoms with E-state index in [2.05, 4.69) is 5.32 Å². The van der Waals surface area contributed by atoms with E-state index >= 15 is 0 Å². The topological polar surface area (TPSA) is 164 Å². The number of ether oxygens (including phenoxy) is 3. The van der Waals surface area contributed by atoms with Crippen molar-refractivity contribution in [2.45, 2.75) is 30.7 Å². The molecule has 11 heteroatoms. The van der Waals surface area contributed by atoms with Gasteiger partial charge in [-0.25, -0.2) is 4.79 Å². The minimum atomic E-state index is -1.54. The van der Waals surface area contributed by atoms with Crippen molar-refractivity contribution in [3.8, 4) is 21.9 Å². The first-order valence-corrected chi connectivity index (χ1v) is 9.52. The number of nitrogens with two attached hydrogens (primary N) is 1. The average molecular weight is 426 g/mol. The van der Waals surface area contributed by atoms with Gasteiger partial charge in [-0.15, -0.1) is 11.3 Å². The number of aliphatic hydroxyl groups excluding tert-OH is 4. The molecule has 2 heterocycles. The van der Waals surface area contributed by atoms with Crippen molar-refractivity contribution in [3.63, 3.8) is 0 Å². The van der Waals surface area contributed by atoms with Gasteiger partial charge in [-0.05, 0) is 29.8 Å². The van der Waals surface area contributed by atoms with Gasteiger partial charge < -0.3 is 45.7 Å². The van der Waals surface area contributed by atoms with Crippen LogP contribution in [-0.2, 0) is 4.74 Å². The Bertz CT molecular complexity index is 858. The molecule has 29 heavy (non-hydrogen) atoms. The normalized spacial score (nSPS) is 26.7. The number of amides is 2. The molecule has 1 aromatic carbocycles. The summed E-state index contributed by atoms with van der Waals surface area (Å²) in [5.74, 6) is 0.560. The van der Waals surface area contributed by atoms with E-state index in [9.17, 15) is 25.2 Å². The molecule has 0 aliphatic carbocycles. The Morgan fingerprint density at radius 2 is 1.97 bits per heavy atom. The third-order valence-electron chi connectivity index (χ3n) is 4.41. The van der Waals surface area contributed by atoms with Gasteiger partial charge in [0.15, 0.2) is 11.5 Å². The predicted molar refractivity (Wildman–Crippen MR) is 104 cm³/mol. The molecule has 0 saturated carbocycles. The number of carbonyl (C=O) groups is 1. The summed E-state index contributed by atoms with van der Waals surface area (Å²) in [4.78, 5) is 11.8. The summed E-state index contributed by atoms with van der Waals surface area (Å²) in [7, 11) is 1.44. The summed E-state index contributed by atoms with van der Waals surface area (Å²) in [6.07, 6.45) is -6.94. The summed E-state index contributed by atoms with van der Waals surface area (Å²) in [6, 6.07) is 6.12. The van der Waals surface area contributed by atoms with E-state index < -0.39 is 43.3 Å². The first-order chi connectivity index (χ1) is 13.8. The standard InChI is InChI=1S/C18H22N2O8S/c1-26-11-4-8(13-5-9(7-29-13)20-18(19)25)2-3-10(11)27-17-16(24)15(23)14(22)12(6-21)28-17/h2-5,7,12,14-17,21-24H,6H2,1H3,(H3,19,20,25). The van der Waals surface area contributed by atoms with Crippen LogP contribution in [0.15, 0.2) is 29.6 Å². The molecule has 158 valence electrons. The van der Waals surface area contributed by atoms with E-state index in [4.69, 9.17) is 19.9 Å². The lowest BCUT2D eigenvalue weighted by atomic mass is 9.99. The van der Waals surface area contributed by atoms with Gasteiger partial charge in [-0.3, -0.25) is 0 Å². The van der Waals surface area contributed by atoms with E-state index in [1.807, 2.05) is 0 Å². The molecule has 3 rings (SSSR count). The molecule has 7 N–H and O–H groups in total. The van der Waals surface area contributed by atoms with E-state index in [0.29, 0.717) is 11.4 Å².